The molecule has 8 aromatic carbocycles. The molecular weight excluding hydrogens is 1780 g/mol. The molecule has 0 fully saturated rings. The Labute approximate surface area is 785 Å². The van der Waals surface area contributed by atoms with Gasteiger partial charge in [-0.25, -0.2) is 57.5 Å². The minimum absolute atomic E-state index is 0.0233. The van der Waals surface area contributed by atoms with Crippen LogP contribution < -0.4 is 56.8 Å². The van der Waals surface area contributed by atoms with E-state index in [1.807, 2.05) is 0 Å². The monoisotopic (exact) mass is 1890 g/mol. The maximum absolute atomic E-state index is 14.2. The summed E-state index contributed by atoms with van der Waals surface area (Å²) in [6, 6.07) is 37.2. The van der Waals surface area contributed by atoms with Crippen molar-refractivity contribution in [2.45, 2.75) is 107 Å². The first-order chi connectivity index (χ1) is 65.8. The van der Waals surface area contributed by atoms with Crippen LogP contribution in [0.3, 0.4) is 0 Å². The van der Waals surface area contributed by atoms with Gasteiger partial charge in [-0.2, -0.15) is 0 Å². The van der Waals surface area contributed by atoms with E-state index in [4.69, 9.17) is 114 Å². The van der Waals surface area contributed by atoms with E-state index < -0.39 is 175 Å². The van der Waals surface area contributed by atoms with Crippen LogP contribution >= 0.6 is 0 Å². The fourth-order valence-corrected chi connectivity index (χ4v) is 14.4. The number of esters is 12. The van der Waals surface area contributed by atoms with Gasteiger partial charge in [-0.15, -0.1) is 0 Å². The van der Waals surface area contributed by atoms with Gasteiger partial charge in [-0.3, -0.25) is 0 Å². The van der Waals surface area contributed by atoms with Gasteiger partial charge in [0.2, 0.25) is 0 Å². The van der Waals surface area contributed by atoms with Gasteiger partial charge in [0.1, 0.15) is 69.0 Å². The van der Waals surface area contributed by atoms with E-state index in [1.54, 1.807) is 156 Å². The quantitative estimate of drug-likeness (QED) is 0.0252. The average Bonchev–Trinajstić information content (AvgIpc) is 0.731. The van der Waals surface area contributed by atoms with Gasteiger partial charge < -0.3 is 114 Å². The third-order valence-electron chi connectivity index (χ3n) is 19.8. The van der Waals surface area contributed by atoms with E-state index in [1.165, 1.54) is 72.8 Å². The van der Waals surface area contributed by atoms with Crippen LogP contribution in [0.25, 0.3) is 0 Å². The number of benzene rings is 8. The summed E-state index contributed by atoms with van der Waals surface area (Å²) in [6.07, 6.45) is 0. The zero-order valence-electron chi connectivity index (χ0n) is 77.8. The molecule has 0 spiro atoms. The van der Waals surface area contributed by atoms with Crippen molar-refractivity contribution < 1.29 is 171 Å². The molecule has 0 saturated carbocycles. The van der Waals surface area contributed by atoms with Crippen molar-refractivity contribution in [1.29, 1.82) is 0 Å². The minimum Gasteiger partial charge on any atom is -0.482 e. The molecule has 36 heteroatoms. The smallest absolute Gasteiger partial charge is 0.344 e. The Bertz CT molecular complexity index is 4530. The Kier molecular flexibility index (Phi) is 41.8. The summed E-state index contributed by atoms with van der Waals surface area (Å²) in [5, 5.41) is 0. The summed E-state index contributed by atoms with van der Waals surface area (Å²) in [5.41, 5.74) is 1.35. The number of hydrogen-bond donors (Lipinski definition) is 0. The molecule has 8 aromatic rings. The van der Waals surface area contributed by atoms with E-state index in [0.29, 0.717) is 0 Å². The zero-order chi connectivity index (χ0) is 98.0. The van der Waals surface area contributed by atoms with Crippen molar-refractivity contribution in [2.75, 3.05) is 159 Å². The first-order valence-corrected chi connectivity index (χ1v) is 44.4. The van der Waals surface area contributed by atoms with Crippen molar-refractivity contribution in [3.8, 4) is 69.0 Å². The highest BCUT2D eigenvalue weighted by atomic mass is 16.6. The van der Waals surface area contributed by atoms with Gasteiger partial charge in [0, 0.05) is 92.4 Å². The molecule has 0 aromatic heterocycles. The molecular formula is C100H112O36. The van der Waals surface area contributed by atoms with Gasteiger partial charge in [0.15, 0.2) is 79.3 Å². The molecule has 0 N–H and O–H groups in total. The lowest BCUT2D eigenvalue weighted by molar-refractivity contribution is -0.146. The molecule has 1 aliphatic carbocycles. The van der Waals surface area contributed by atoms with Gasteiger partial charge in [-0.1, -0.05) is 48.5 Å². The Balaban J connectivity index is 1.70. The highest BCUT2D eigenvalue weighted by Gasteiger charge is 2.39. The number of hydrogen-bond acceptors (Lipinski definition) is 36. The van der Waals surface area contributed by atoms with E-state index in [-0.39, 0.29) is 215 Å². The normalized spacial score (nSPS) is 13.3. The number of rotatable bonds is 52. The lowest BCUT2D eigenvalue weighted by Crippen LogP contribution is -2.22. The second kappa shape index (κ2) is 54.2. The predicted octanol–water partition coefficient (Wildman–Crippen LogP) is 12.0. The highest BCUT2D eigenvalue weighted by molar-refractivity contribution is 5.79. The van der Waals surface area contributed by atoms with Crippen LogP contribution in [0, 0.1) is 0 Å². The summed E-state index contributed by atoms with van der Waals surface area (Å²) in [4.78, 5) is 166. The molecule has 0 atom stereocenters. The fraction of sp³-hybridized carbons (Fsp3) is 0.400. The third kappa shape index (κ3) is 30.5. The van der Waals surface area contributed by atoms with Crippen LogP contribution in [0.15, 0.2) is 146 Å². The molecule has 136 heavy (non-hydrogen) atoms. The number of fused-ring (bicyclic) bond motifs is 8. The molecule has 0 aliphatic heterocycles. The van der Waals surface area contributed by atoms with Crippen molar-refractivity contribution in [3.05, 3.63) is 212 Å². The lowest BCUT2D eigenvalue weighted by atomic mass is 9.75. The summed E-state index contributed by atoms with van der Waals surface area (Å²) < 4.78 is 144. The number of carbonyl (C=O) groups is 12. The predicted molar refractivity (Wildman–Crippen MR) is 481 cm³/mol. The first kappa shape index (κ1) is 105. The summed E-state index contributed by atoms with van der Waals surface area (Å²) in [6.45, 7) is 9.18. The minimum atomic E-state index is -1.51. The molecule has 9 rings (SSSR count). The van der Waals surface area contributed by atoms with Crippen LogP contribution in [0.2, 0.25) is 0 Å². The molecule has 36 nitrogen and oxygen atoms in total. The molecule has 728 valence electrons. The molecule has 0 radical (unpaired) electrons. The Morgan fingerprint density at radius 2 is 0.272 bits per heavy atom. The topological polar surface area (TPSA) is 426 Å². The van der Waals surface area contributed by atoms with Gasteiger partial charge in [-0.05, 0) is 178 Å². The van der Waals surface area contributed by atoms with Gasteiger partial charge in [0.05, 0.1) is 79.3 Å². The summed E-state index contributed by atoms with van der Waals surface area (Å²) in [7, 11) is 0. The second-order valence-electron chi connectivity index (χ2n) is 28.8. The lowest BCUT2D eigenvalue weighted by Gasteiger charge is -2.32. The zero-order valence-corrected chi connectivity index (χ0v) is 77.8. The van der Waals surface area contributed by atoms with Crippen LogP contribution in [0.1, 0.15) is 174 Å². The van der Waals surface area contributed by atoms with E-state index in [0.717, 1.165) is 0 Å². The second-order valence-corrected chi connectivity index (χ2v) is 28.8. The number of ether oxygens (including phenoxy) is 24. The van der Waals surface area contributed by atoms with Crippen molar-refractivity contribution >= 4 is 71.6 Å². The molecule has 0 heterocycles. The highest BCUT2D eigenvalue weighted by Crippen LogP contribution is 2.56. The average molecular weight is 1890 g/mol. The maximum Gasteiger partial charge on any atom is 0.344 e. The van der Waals surface area contributed by atoms with Crippen molar-refractivity contribution in [1.82, 2.24) is 0 Å². The molecule has 0 unspecified atom stereocenters. The molecule has 8 bridgehead atoms. The maximum atomic E-state index is 14.2. The van der Waals surface area contributed by atoms with Gasteiger partial charge >= 0.3 is 71.6 Å². The van der Waals surface area contributed by atoms with Crippen LogP contribution in [-0.2, 0) is 114 Å². The van der Waals surface area contributed by atoms with E-state index in [9.17, 15) is 57.5 Å². The van der Waals surface area contributed by atoms with Crippen LogP contribution in [0.5, 0.6) is 69.0 Å². The Morgan fingerprint density at radius 1 is 0.162 bits per heavy atom. The van der Waals surface area contributed by atoms with Crippen molar-refractivity contribution in [2.24, 2.45) is 0 Å². The van der Waals surface area contributed by atoms with Crippen LogP contribution in [0.4, 0.5) is 0 Å². The molecule has 1 aliphatic rings. The standard InChI is InChI=1S/C100H112O36/c1-13-113-85(101)49-125-65-33-25-61(26-34-65)97-69-41-71(79(131-55-91(107)119-19-7)45-77(69)129-53-89(105)117-17-5)98(62-27-35-66(36-28-62)126-50-86(102)114-14-2)73-43-75(83(135-59-95(111)123-23-11)47-81(73)133-57-93(109)121-21-9)100(64-31-39-68(40-32-64)128-52-88(104)116-16-4)76-44-74(82(134-58-94(110)122-22-10)48-84(76)136-60-96(112)124-24-12)99(63-29-37-67(38-30-63)127-51-87(103)115-15-3)72-42-70(97)78(130-54-90(106)118-18-6)46-80(72)132-56-92(108)120-20-8/h25-48,97-100H,13-24,49-60H2,1-12H3. The van der Waals surface area contributed by atoms with Crippen molar-refractivity contribution in [3.63, 3.8) is 0 Å². The molecule has 0 saturated heterocycles. The Morgan fingerprint density at radius 3 is 0.382 bits per heavy atom. The van der Waals surface area contributed by atoms with E-state index >= 15 is 0 Å². The largest absolute Gasteiger partial charge is 0.482 e. The van der Waals surface area contributed by atoms with E-state index in [2.05, 4.69) is 0 Å². The first-order valence-electron chi connectivity index (χ1n) is 44.4. The summed E-state index contributed by atoms with van der Waals surface area (Å²) in [5.74, 6) is -17.2. The molecule has 0 amide bonds. The fourth-order valence-electron chi connectivity index (χ4n) is 14.4. The van der Waals surface area contributed by atoms with Gasteiger partial charge in [0.25, 0.3) is 0 Å². The SMILES string of the molecule is CCOC(=O)COc1ccc(C2c3cc(c(OCC(=O)OCC)cc3OCC(=O)OCC)C(c3ccc(OCC(=O)OCC)cc3)c3cc(c(OCC(=O)OCC)cc3OCC(=O)OCC)C(c3ccc(OCC(=O)OCC)cc3)c3cc(c(OCC(=O)OCC)cc3OCC(=O)OCC)C(c3ccc(OCC(=O)OCC)cc3)c3cc2c(OCC(=O)OCC)cc3OCC(=O)OCC)cc1. The number of carbonyl (C=O) groups excluding carboxylic acids is 12. The third-order valence-corrected chi connectivity index (χ3v) is 19.8. The Hall–Kier alpha value is -15.0. The summed E-state index contributed by atoms with van der Waals surface area (Å²) >= 11 is 0. The van der Waals surface area contributed by atoms with Crippen LogP contribution in [-0.4, -0.2) is 230 Å².